The Morgan fingerprint density at radius 3 is 2.24 bits per heavy atom. The van der Waals surface area contributed by atoms with Gasteiger partial charge in [0.2, 0.25) is 5.91 Å². The van der Waals surface area contributed by atoms with E-state index in [1.807, 2.05) is 24.3 Å². The molecule has 0 aliphatic carbocycles. The standard InChI is InChI=1S/C13H17NO3/c1-3-10-4-6-11(7-5-10)8-12(15)14-9(2)13(16)17/h4-7,9H,3,8H2,1-2H3,(H,14,15)(H,16,17). The van der Waals surface area contributed by atoms with Gasteiger partial charge in [0.05, 0.1) is 6.42 Å². The number of benzene rings is 1. The van der Waals surface area contributed by atoms with Gasteiger partial charge in [-0.1, -0.05) is 31.2 Å². The maximum atomic E-state index is 11.5. The molecule has 0 saturated carbocycles. The maximum absolute atomic E-state index is 11.5. The molecule has 1 aromatic carbocycles. The van der Waals surface area contributed by atoms with Gasteiger partial charge >= 0.3 is 5.97 Å². The van der Waals surface area contributed by atoms with Crippen LogP contribution < -0.4 is 5.32 Å². The predicted molar refractivity (Wildman–Crippen MR) is 64.8 cm³/mol. The Morgan fingerprint density at radius 1 is 1.24 bits per heavy atom. The largest absolute Gasteiger partial charge is 0.480 e. The number of aliphatic carboxylic acids is 1. The first-order valence-corrected chi connectivity index (χ1v) is 5.63. The summed E-state index contributed by atoms with van der Waals surface area (Å²) in [6.07, 6.45) is 1.17. The van der Waals surface area contributed by atoms with Crippen molar-refractivity contribution in [2.45, 2.75) is 32.7 Å². The molecule has 1 amide bonds. The van der Waals surface area contributed by atoms with E-state index >= 15 is 0 Å². The molecule has 0 saturated heterocycles. The minimum absolute atomic E-state index is 0.210. The summed E-state index contributed by atoms with van der Waals surface area (Å²) in [6.45, 7) is 3.51. The number of amides is 1. The van der Waals surface area contributed by atoms with Gasteiger partial charge < -0.3 is 10.4 Å². The fourth-order valence-corrected chi connectivity index (χ4v) is 1.43. The fraction of sp³-hybridized carbons (Fsp3) is 0.385. The lowest BCUT2D eigenvalue weighted by molar-refractivity contribution is -0.141. The first-order chi connectivity index (χ1) is 8.02. The fourth-order valence-electron chi connectivity index (χ4n) is 1.43. The Balaban J connectivity index is 2.53. The number of hydrogen-bond acceptors (Lipinski definition) is 2. The number of hydrogen-bond donors (Lipinski definition) is 2. The normalized spacial score (nSPS) is 11.9. The van der Waals surface area contributed by atoms with Crippen LogP contribution in [-0.4, -0.2) is 23.0 Å². The zero-order chi connectivity index (χ0) is 12.8. The Morgan fingerprint density at radius 2 is 1.76 bits per heavy atom. The molecule has 0 aliphatic heterocycles. The summed E-state index contributed by atoms with van der Waals surface area (Å²) < 4.78 is 0. The summed E-state index contributed by atoms with van der Waals surface area (Å²) in [5.41, 5.74) is 2.10. The van der Waals surface area contributed by atoms with Gasteiger partial charge in [-0.05, 0) is 24.5 Å². The van der Waals surface area contributed by atoms with E-state index in [1.54, 1.807) is 0 Å². The molecule has 0 aromatic heterocycles. The van der Waals surface area contributed by atoms with Crippen molar-refractivity contribution in [1.82, 2.24) is 5.32 Å². The van der Waals surface area contributed by atoms with Crippen LogP contribution in [0.15, 0.2) is 24.3 Å². The van der Waals surface area contributed by atoms with Crippen molar-refractivity contribution in [3.63, 3.8) is 0 Å². The molecule has 4 nitrogen and oxygen atoms in total. The summed E-state index contributed by atoms with van der Waals surface area (Å²) in [5.74, 6) is -1.30. The number of carboxylic acids is 1. The Kier molecular flexibility index (Phi) is 4.69. The van der Waals surface area contributed by atoms with Gasteiger partial charge in [-0.3, -0.25) is 9.59 Å². The molecule has 1 aromatic rings. The van der Waals surface area contributed by atoms with Gasteiger partial charge in [0.1, 0.15) is 6.04 Å². The second-order valence-corrected chi connectivity index (χ2v) is 3.97. The van der Waals surface area contributed by atoms with Gasteiger partial charge in [0.25, 0.3) is 0 Å². The van der Waals surface area contributed by atoms with Crippen LogP contribution in [0, 0.1) is 0 Å². The monoisotopic (exact) mass is 235 g/mol. The predicted octanol–water partition coefficient (Wildman–Crippen LogP) is 1.38. The van der Waals surface area contributed by atoms with E-state index in [0.29, 0.717) is 0 Å². The van der Waals surface area contributed by atoms with E-state index in [2.05, 4.69) is 12.2 Å². The van der Waals surface area contributed by atoms with Crippen molar-refractivity contribution in [2.24, 2.45) is 0 Å². The molecule has 0 aliphatic rings. The van der Waals surface area contributed by atoms with Crippen molar-refractivity contribution in [2.75, 3.05) is 0 Å². The van der Waals surface area contributed by atoms with E-state index in [4.69, 9.17) is 5.11 Å². The molecule has 0 heterocycles. The van der Waals surface area contributed by atoms with Gasteiger partial charge in [-0.2, -0.15) is 0 Å². The summed E-state index contributed by atoms with van der Waals surface area (Å²) >= 11 is 0. The van der Waals surface area contributed by atoms with Crippen molar-refractivity contribution >= 4 is 11.9 Å². The zero-order valence-corrected chi connectivity index (χ0v) is 10.1. The smallest absolute Gasteiger partial charge is 0.325 e. The Hall–Kier alpha value is -1.84. The summed E-state index contributed by atoms with van der Waals surface area (Å²) in [5, 5.41) is 11.1. The van der Waals surface area contributed by atoms with Crippen LogP contribution in [-0.2, 0) is 22.4 Å². The van der Waals surface area contributed by atoms with Crippen molar-refractivity contribution < 1.29 is 14.7 Å². The van der Waals surface area contributed by atoms with Crippen LogP contribution in [0.4, 0.5) is 0 Å². The third kappa shape index (κ3) is 4.26. The van der Waals surface area contributed by atoms with Crippen LogP contribution in [0.1, 0.15) is 25.0 Å². The van der Waals surface area contributed by atoms with E-state index in [9.17, 15) is 9.59 Å². The van der Waals surface area contributed by atoms with Gasteiger partial charge in [0.15, 0.2) is 0 Å². The highest BCUT2D eigenvalue weighted by Crippen LogP contribution is 2.05. The Labute approximate surface area is 101 Å². The van der Waals surface area contributed by atoms with E-state index in [1.165, 1.54) is 12.5 Å². The highest BCUT2D eigenvalue weighted by molar-refractivity contribution is 5.84. The maximum Gasteiger partial charge on any atom is 0.325 e. The van der Waals surface area contributed by atoms with Crippen molar-refractivity contribution in [3.8, 4) is 0 Å². The SMILES string of the molecule is CCc1ccc(CC(=O)NC(C)C(=O)O)cc1. The molecule has 1 unspecified atom stereocenters. The lowest BCUT2D eigenvalue weighted by Gasteiger charge is -2.09. The number of carboxylic acid groups (broad SMARTS) is 1. The lowest BCUT2D eigenvalue weighted by atomic mass is 10.1. The molecule has 92 valence electrons. The molecule has 2 N–H and O–H groups in total. The molecular formula is C13H17NO3. The molecule has 1 rings (SSSR count). The molecule has 4 heteroatoms. The van der Waals surface area contributed by atoms with Crippen LogP contribution in [0.3, 0.4) is 0 Å². The van der Waals surface area contributed by atoms with Crippen molar-refractivity contribution in [3.05, 3.63) is 35.4 Å². The molecule has 0 fully saturated rings. The summed E-state index contributed by atoms with van der Waals surface area (Å²) in [4.78, 5) is 22.1. The number of rotatable bonds is 5. The first-order valence-electron chi connectivity index (χ1n) is 5.63. The van der Waals surface area contributed by atoms with Gasteiger partial charge in [0, 0.05) is 0 Å². The molecule has 0 bridgehead atoms. The lowest BCUT2D eigenvalue weighted by Crippen LogP contribution is -2.39. The van der Waals surface area contributed by atoms with Crippen molar-refractivity contribution in [1.29, 1.82) is 0 Å². The molecular weight excluding hydrogens is 218 g/mol. The van der Waals surface area contributed by atoms with Gasteiger partial charge in [-0.15, -0.1) is 0 Å². The minimum atomic E-state index is -1.03. The van der Waals surface area contributed by atoms with E-state index in [-0.39, 0.29) is 12.3 Å². The van der Waals surface area contributed by atoms with E-state index in [0.717, 1.165) is 12.0 Å². The average molecular weight is 235 g/mol. The number of carbonyl (C=O) groups is 2. The second-order valence-electron chi connectivity index (χ2n) is 3.97. The highest BCUT2D eigenvalue weighted by Gasteiger charge is 2.13. The Bertz CT molecular complexity index is 398. The van der Waals surface area contributed by atoms with Crippen LogP contribution in [0.25, 0.3) is 0 Å². The van der Waals surface area contributed by atoms with Crippen LogP contribution >= 0.6 is 0 Å². The highest BCUT2D eigenvalue weighted by atomic mass is 16.4. The van der Waals surface area contributed by atoms with Crippen LogP contribution in [0.5, 0.6) is 0 Å². The summed E-state index contributed by atoms with van der Waals surface area (Å²) in [6, 6.07) is 6.89. The van der Waals surface area contributed by atoms with Gasteiger partial charge in [-0.25, -0.2) is 0 Å². The quantitative estimate of drug-likeness (QED) is 0.810. The first kappa shape index (κ1) is 13.2. The number of carbonyl (C=O) groups excluding carboxylic acids is 1. The third-order valence-electron chi connectivity index (χ3n) is 2.54. The number of nitrogens with one attached hydrogen (secondary N) is 1. The third-order valence-corrected chi connectivity index (χ3v) is 2.54. The molecule has 0 spiro atoms. The zero-order valence-electron chi connectivity index (χ0n) is 10.1. The topological polar surface area (TPSA) is 66.4 Å². The molecule has 17 heavy (non-hydrogen) atoms. The second kappa shape index (κ2) is 6.03. The number of aryl methyl sites for hydroxylation is 1. The van der Waals surface area contributed by atoms with E-state index < -0.39 is 12.0 Å². The minimum Gasteiger partial charge on any atom is -0.480 e. The molecule has 1 atom stereocenters. The molecule has 0 radical (unpaired) electrons. The van der Waals surface area contributed by atoms with Crippen LogP contribution in [0.2, 0.25) is 0 Å². The average Bonchev–Trinajstić information content (AvgIpc) is 2.29. The summed E-state index contributed by atoms with van der Waals surface area (Å²) in [7, 11) is 0.